The molecule has 1 aliphatic rings. The van der Waals surface area contributed by atoms with Crippen molar-refractivity contribution in [3.63, 3.8) is 0 Å². The van der Waals surface area contributed by atoms with E-state index in [-0.39, 0.29) is 0 Å². The number of nitrogens with one attached hydrogen (secondary N) is 1. The molecule has 112 valence electrons. The molecule has 1 aliphatic carbocycles. The Balaban J connectivity index is 2.24. The van der Waals surface area contributed by atoms with Gasteiger partial charge in [0.15, 0.2) is 0 Å². The van der Waals surface area contributed by atoms with Crippen molar-refractivity contribution in [2.45, 2.75) is 64.2 Å². The third kappa shape index (κ3) is 9.97. The number of hydrogen-bond donors (Lipinski definition) is 1. The third-order valence-electron chi connectivity index (χ3n) is 3.63. The van der Waals surface area contributed by atoms with Crippen LogP contribution >= 0.6 is 0 Å². The summed E-state index contributed by atoms with van der Waals surface area (Å²) < 4.78 is 0. The summed E-state index contributed by atoms with van der Waals surface area (Å²) in [5.41, 5.74) is 4.45. The van der Waals surface area contributed by atoms with Gasteiger partial charge >= 0.3 is 0 Å². The van der Waals surface area contributed by atoms with E-state index in [9.17, 15) is 0 Å². The van der Waals surface area contributed by atoms with Crippen LogP contribution in [0.3, 0.4) is 0 Å². The molecule has 0 unspecified atom stereocenters. The molecule has 0 atom stereocenters. The lowest BCUT2D eigenvalue weighted by Gasteiger charge is -2.14. The molecule has 0 saturated carbocycles. The summed E-state index contributed by atoms with van der Waals surface area (Å²) in [4.78, 5) is 7.68. The fourth-order valence-electron chi connectivity index (χ4n) is 2.36. The van der Waals surface area contributed by atoms with Gasteiger partial charge in [-0.25, -0.2) is 0 Å². The molecule has 0 bridgehead atoms. The van der Waals surface area contributed by atoms with E-state index in [2.05, 4.69) is 30.6 Å². The van der Waals surface area contributed by atoms with E-state index in [0.717, 1.165) is 19.6 Å². The van der Waals surface area contributed by atoms with Crippen molar-refractivity contribution >= 4 is 0 Å². The molecule has 0 aromatic rings. The van der Waals surface area contributed by atoms with E-state index in [0.29, 0.717) is 0 Å². The lowest BCUT2D eigenvalue weighted by atomic mass is 10.0. The molecular weight excluding hydrogens is 236 g/mol. The van der Waals surface area contributed by atoms with Crippen molar-refractivity contribution in [2.24, 2.45) is 0 Å². The van der Waals surface area contributed by atoms with Crippen molar-refractivity contribution in [1.82, 2.24) is 10.4 Å². The van der Waals surface area contributed by atoms with Crippen LogP contribution in [0.2, 0.25) is 0 Å². The molecule has 0 amide bonds. The van der Waals surface area contributed by atoms with Crippen molar-refractivity contribution < 1.29 is 4.84 Å². The summed E-state index contributed by atoms with van der Waals surface area (Å²) in [5, 5.41) is 0. The molecule has 19 heavy (non-hydrogen) atoms. The minimum absolute atomic E-state index is 0.740. The van der Waals surface area contributed by atoms with Crippen LogP contribution in [0.15, 0.2) is 11.8 Å². The van der Waals surface area contributed by atoms with Crippen molar-refractivity contribution in [3.05, 3.63) is 11.8 Å². The average molecular weight is 268 g/mol. The van der Waals surface area contributed by atoms with Crippen LogP contribution in [-0.4, -0.2) is 32.1 Å². The van der Waals surface area contributed by atoms with Crippen molar-refractivity contribution in [3.8, 4) is 0 Å². The molecule has 0 radical (unpaired) electrons. The van der Waals surface area contributed by atoms with Gasteiger partial charge in [0.1, 0.15) is 0 Å². The topological polar surface area (TPSA) is 24.5 Å². The second kappa shape index (κ2) is 11.3. The molecule has 3 heteroatoms. The van der Waals surface area contributed by atoms with Crippen LogP contribution in [0, 0.1) is 0 Å². The molecule has 0 spiro atoms. The largest absolute Gasteiger partial charge is 0.307 e. The molecule has 0 aromatic carbocycles. The second-order valence-electron chi connectivity index (χ2n) is 5.85. The predicted octanol–water partition coefficient (Wildman–Crippen LogP) is 3.87. The first kappa shape index (κ1) is 16.5. The van der Waals surface area contributed by atoms with Crippen LogP contribution in [0.25, 0.3) is 0 Å². The standard InChI is InChI=1S/C16H32N2O/c1-18(2)14-15-19-17-16-12-10-8-6-4-3-5-7-9-11-13-16/h12,17H,3-11,13-15H2,1-2H3. The highest BCUT2D eigenvalue weighted by Crippen LogP contribution is 2.15. The maximum Gasteiger partial charge on any atom is 0.0872 e. The Morgan fingerprint density at radius 3 is 2.32 bits per heavy atom. The van der Waals surface area contributed by atoms with E-state index < -0.39 is 0 Å². The van der Waals surface area contributed by atoms with Crippen LogP contribution in [0.4, 0.5) is 0 Å². The summed E-state index contributed by atoms with van der Waals surface area (Å²) in [7, 11) is 4.14. The van der Waals surface area contributed by atoms with Crippen LogP contribution < -0.4 is 5.48 Å². The van der Waals surface area contributed by atoms with Crippen molar-refractivity contribution in [1.29, 1.82) is 0 Å². The van der Waals surface area contributed by atoms with Gasteiger partial charge in [0.05, 0.1) is 6.61 Å². The molecule has 0 heterocycles. The summed E-state index contributed by atoms with van der Waals surface area (Å²) in [5.74, 6) is 0. The van der Waals surface area contributed by atoms with Gasteiger partial charge in [0, 0.05) is 12.2 Å². The Labute approximate surface area is 119 Å². The molecule has 1 N–H and O–H groups in total. The monoisotopic (exact) mass is 268 g/mol. The maximum absolute atomic E-state index is 5.55. The summed E-state index contributed by atoms with van der Waals surface area (Å²) in [6.45, 7) is 1.70. The highest BCUT2D eigenvalue weighted by Gasteiger charge is 2.00. The van der Waals surface area contributed by atoms with E-state index in [1.165, 1.54) is 63.5 Å². The minimum atomic E-state index is 0.740. The van der Waals surface area contributed by atoms with E-state index in [1.807, 2.05) is 0 Å². The number of allylic oxidation sites excluding steroid dienone is 2. The third-order valence-corrected chi connectivity index (χ3v) is 3.63. The fraction of sp³-hybridized carbons (Fsp3) is 0.875. The first-order chi connectivity index (χ1) is 9.29. The SMILES string of the molecule is CN(C)CCONC1=CCCCCCCCCCC1. The fourth-order valence-corrected chi connectivity index (χ4v) is 2.36. The van der Waals surface area contributed by atoms with Crippen LogP contribution in [0.1, 0.15) is 64.2 Å². The zero-order valence-electron chi connectivity index (χ0n) is 12.9. The second-order valence-corrected chi connectivity index (χ2v) is 5.85. The van der Waals surface area contributed by atoms with Gasteiger partial charge < -0.3 is 4.90 Å². The lowest BCUT2D eigenvalue weighted by Crippen LogP contribution is -2.23. The molecular formula is C16H32N2O. The molecule has 0 fully saturated rings. The highest BCUT2D eigenvalue weighted by atomic mass is 16.6. The minimum Gasteiger partial charge on any atom is -0.307 e. The van der Waals surface area contributed by atoms with Gasteiger partial charge in [-0.3, -0.25) is 10.3 Å². The number of hydrogen-bond acceptors (Lipinski definition) is 3. The van der Waals surface area contributed by atoms with Gasteiger partial charge in [-0.1, -0.05) is 44.6 Å². The van der Waals surface area contributed by atoms with Gasteiger partial charge in [0.25, 0.3) is 0 Å². The molecule has 0 saturated heterocycles. The normalized spacial score (nSPS) is 19.4. The first-order valence-corrected chi connectivity index (χ1v) is 8.00. The molecule has 0 aromatic heterocycles. The Kier molecular flexibility index (Phi) is 9.82. The zero-order chi connectivity index (χ0) is 13.8. The predicted molar refractivity (Wildman–Crippen MR) is 81.9 cm³/mol. The van der Waals surface area contributed by atoms with Gasteiger partial charge in [0.2, 0.25) is 0 Å². The summed E-state index contributed by atoms with van der Waals surface area (Å²) in [6.07, 6.45) is 15.7. The zero-order valence-corrected chi connectivity index (χ0v) is 12.9. The Hall–Kier alpha value is -0.540. The smallest absolute Gasteiger partial charge is 0.0872 e. The lowest BCUT2D eigenvalue weighted by molar-refractivity contribution is 0.0499. The molecule has 1 rings (SSSR count). The molecule has 0 aliphatic heterocycles. The average Bonchev–Trinajstić information content (AvgIpc) is 2.36. The summed E-state index contributed by atoms with van der Waals surface area (Å²) >= 11 is 0. The number of hydroxylamine groups is 1. The Morgan fingerprint density at radius 1 is 1.00 bits per heavy atom. The van der Waals surface area contributed by atoms with E-state index in [4.69, 9.17) is 4.84 Å². The first-order valence-electron chi connectivity index (χ1n) is 8.00. The highest BCUT2D eigenvalue weighted by molar-refractivity contribution is 4.97. The number of rotatable bonds is 5. The van der Waals surface area contributed by atoms with Gasteiger partial charge in [-0.15, -0.1) is 0 Å². The van der Waals surface area contributed by atoms with E-state index in [1.54, 1.807) is 0 Å². The maximum atomic E-state index is 5.55. The quantitative estimate of drug-likeness (QED) is 0.605. The van der Waals surface area contributed by atoms with Crippen LogP contribution in [-0.2, 0) is 4.84 Å². The number of nitrogens with zero attached hydrogens (tertiary/aromatic N) is 1. The van der Waals surface area contributed by atoms with Crippen LogP contribution in [0.5, 0.6) is 0 Å². The number of likely N-dealkylation sites (N-methyl/N-ethyl adjacent to an activating group) is 1. The summed E-state index contributed by atoms with van der Waals surface area (Å²) in [6, 6.07) is 0. The van der Waals surface area contributed by atoms with Gasteiger partial charge in [-0.2, -0.15) is 0 Å². The van der Waals surface area contributed by atoms with Gasteiger partial charge in [-0.05, 0) is 39.8 Å². The van der Waals surface area contributed by atoms with Crippen molar-refractivity contribution in [2.75, 3.05) is 27.2 Å². The van der Waals surface area contributed by atoms with E-state index >= 15 is 0 Å². The molecule has 3 nitrogen and oxygen atoms in total. The Morgan fingerprint density at radius 2 is 1.63 bits per heavy atom. The Bertz CT molecular complexity index is 239.